The summed E-state index contributed by atoms with van der Waals surface area (Å²) in [6, 6.07) is 35.3. The minimum absolute atomic E-state index is 0.186. The number of hydrogen-bond acceptors (Lipinski definition) is 0. The van der Waals surface area contributed by atoms with E-state index in [2.05, 4.69) is 146 Å². The van der Waals surface area contributed by atoms with Crippen molar-refractivity contribution in [2.24, 2.45) is 11.8 Å². The molecule has 4 atom stereocenters. The van der Waals surface area contributed by atoms with Crippen LogP contribution >= 0.6 is 0 Å². The van der Waals surface area contributed by atoms with E-state index in [0.717, 1.165) is 31.2 Å². The van der Waals surface area contributed by atoms with E-state index in [1.807, 2.05) is 0 Å². The first-order chi connectivity index (χ1) is 26.7. The summed E-state index contributed by atoms with van der Waals surface area (Å²) in [6.07, 6.45) is 18.3. The van der Waals surface area contributed by atoms with Crippen molar-refractivity contribution in [1.82, 2.24) is 0 Å². The summed E-state index contributed by atoms with van der Waals surface area (Å²) in [7, 11) is -1.69. The van der Waals surface area contributed by atoms with E-state index >= 15 is 0 Å². The van der Waals surface area contributed by atoms with Crippen molar-refractivity contribution in [2.45, 2.75) is 128 Å². The monoisotopic (exact) mass is 742 g/mol. The number of pyridine rings is 2. The van der Waals surface area contributed by atoms with Crippen molar-refractivity contribution in [3.05, 3.63) is 138 Å². The summed E-state index contributed by atoms with van der Waals surface area (Å²) in [4.78, 5) is 0. The van der Waals surface area contributed by atoms with Crippen LogP contribution in [-0.4, -0.2) is 8.07 Å². The molecule has 4 aliphatic rings. The van der Waals surface area contributed by atoms with Gasteiger partial charge in [0.25, 0.3) is 0 Å². The second-order valence-electron chi connectivity index (χ2n) is 18.9. The van der Waals surface area contributed by atoms with Crippen molar-refractivity contribution in [3.8, 4) is 33.6 Å². The van der Waals surface area contributed by atoms with Crippen LogP contribution in [0.1, 0.15) is 118 Å². The van der Waals surface area contributed by atoms with Gasteiger partial charge in [-0.2, -0.15) is 9.13 Å². The topological polar surface area (TPSA) is 7.76 Å². The average molecular weight is 743 g/mol. The van der Waals surface area contributed by atoms with E-state index in [1.165, 1.54) is 107 Å². The summed E-state index contributed by atoms with van der Waals surface area (Å²) in [5, 5.41) is 1.65. The van der Waals surface area contributed by atoms with Crippen LogP contribution < -0.4 is 14.3 Å². The number of aryl methyl sites for hydroxylation is 1. The molecule has 2 aromatic heterocycles. The van der Waals surface area contributed by atoms with Gasteiger partial charge >= 0.3 is 0 Å². The molecule has 0 saturated heterocycles. The van der Waals surface area contributed by atoms with Gasteiger partial charge in [0.1, 0.15) is 0 Å². The van der Waals surface area contributed by atoms with Crippen LogP contribution in [0.3, 0.4) is 0 Å². The first-order valence-corrected chi connectivity index (χ1v) is 25.2. The number of rotatable bonds is 6. The molecule has 2 aliphatic carbocycles. The van der Waals surface area contributed by atoms with E-state index in [9.17, 15) is 0 Å². The minimum Gasteiger partial charge on any atom is -0.194 e. The Morgan fingerprint density at radius 2 is 1.25 bits per heavy atom. The van der Waals surface area contributed by atoms with Crippen molar-refractivity contribution in [1.29, 1.82) is 0 Å². The lowest BCUT2D eigenvalue weighted by atomic mass is 9.75. The molecule has 0 bridgehead atoms. The lowest BCUT2D eigenvalue weighted by Gasteiger charge is -2.34. The molecule has 5 aromatic rings. The fraction of sp³-hybridized carbons (Fsp3) is 0.423. The fourth-order valence-corrected chi connectivity index (χ4v) is 13.2. The van der Waals surface area contributed by atoms with E-state index < -0.39 is 8.07 Å². The van der Waals surface area contributed by atoms with Crippen molar-refractivity contribution >= 4 is 13.3 Å². The third kappa shape index (κ3) is 6.69. The van der Waals surface area contributed by atoms with Gasteiger partial charge in [-0.3, -0.25) is 0 Å². The maximum absolute atomic E-state index is 5.11. The number of fused-ring (bicyclic) bond motifs is 9. The molecule has 9 rings (SSSR count). The number of nitrogens with zero attached hydrogens (tertiary/aromatic N) is 2. The molecule has 0 radical (unpaired) electrons. The molecule has 282 valence electrons. The van der Waals surface area contributed by atoms with E-state index in [-0.39, 0.29) is 6.04 Å². The average Bonchev–Trinajstić information content (AvgIpc) is 3.95. The summed E-state index contributed by atoms with van der Waals surface area (Å²) in [5.74, 6) is 2.97. The van der Waals surface area contributed by atoms with Crippen molar-refractivity contribution < 1.29 is 9.13 Å². The van der Waals surface area contributed by atoms with Crippen LogP contribution in [0.4, 0.5) is 0 Å². The highest BCUT2D eigenvalue weighted by molar-refractivity contribution is 6.89. The number of hydrogen-bond donors (Lipinski definition) is 0. The Hall–Kier alpha value is -4.08. The third-order valence-corrected chi connectivity index (χ3v) is 16.6. The quantitative estimate of drug-likeness (QED) is 0.0930. The van der Waals surface area contributed by atoms with Crippen LogP contribution in [0.15, 0.2) is 116 Å². The van der Waals surface area contributed by atoms with Crippen LogP contribution in [0.2, 0.25) is 19.6 Å². The van der Waals surface area contributed by atoms with Gasteiger partial charge in [0.2, 0.25) is 11.4 Å². The molecule has 2 fully saturated rings. The Bertz CT molecular complexity index is 2220. The molecule has 4 unspecified atom stereocenters. The number of benzene rings is 3. The number of allylic oxidation sites excluding steroid dienone is 1. The van der Waals surface area contributed by atoms with Crippen molar-refractivity contribution in [3.63, 3.8) is 0 Å². The van der Waals surface area contributed by atoms with E-state index in [4.69, 9.17) is 6.58 Å². The van der Waals surface area contributed by atoms with Gasteiger partial charge < -0.3 is 0 Å². The van der Waals surface area contributed by atoms with E-state index in [0.29, 0.717) is 17.8 Å². The largest absolute Gasteiger partial charge is 0.213 e. The lowest BCUT2D eigenvalue weighted by molar-refractivity contribution is -0.722. The molecular weight excluding hydrogens is 681 g/mol. The normalized spacial score (nSPS) is 21.2. The molecule has 0 amide bonds. The second kappa shape index (κ2) is 14.8. The predicted octanol–water partition coefficient (Wildman–Crippen LogP) is 12.2. The minimum atomic E-state index is -1.69. The van der Waals surface area contributed by atoms with Crippen LogP contribution in [-0.2, 0) is 13.0 Å². The molecular formula is C52H62N2Si+2. The van der Waals surface area contributed by atoms with Gasteiger partial charge in [0.15, 0.2) is 25.0 Å². The lowest BCUT2D eigenvalue weighted by Crippen LogP contribution is -2.55. The molecule has 2 nitrogen and oxygen atoms in total. The van der Waals surface area contributed by atoms with Gasteiger partial charge in [-0.25, -0.2) is 0 Å². The molecule has 3 aromatic carbocycles. The zero-order chi connectivity index (χ0) is 37.8. The Labute approximate surface area is 332 Å². The molecule has 0 spiro atoms. The third-order valence-electron chi connectivity index (χ3n) is 14.6. The van der Waals surface area contributed by atoms with Crippen molar-refractivity contribution in [2.75, 3.05) is 0 Å². The van der Waals surface area contributed by atoms with Gasteiger partial charge in [-0.1, -0.05) is 132 Å². The highest BCUT2D eigenvalue weighted by Crippen LogP contribution is 2.47. The van der Waals surface area contributed by atoms with Crippen LogP contribution in [0.25, 0.3) is 33.6 Å². The zero-order valence-electron chi connectivity index (χ0n) is 34.2. The summed E-state index contributed by atoms with van der Waals surface area (Å²) < 4.78 is 5.36. The summed E-state index contributed by atoms with van der Waals surface area (Å²) >= 11 is 0. The number of aromatic nitrogens is 2. The SMILES string of the molecule is C=C1C[n+]2cc(C(C)C3CCCC3)c(-c3ccccc3)cc2-c2ccccc2CCC2c3ccccc3-c3cc(C(C)C4CCCC4)c([Si](C)(C)C)c[n+]3C12. The maximum Gasteiger partial charge on any atom is 0.213 e. The first-order valence-electron chi connectivity index (χ1n) is 21.7. The van der Waals surface area contributed by atoms with Gasteiger partial charge in [-0.05, 0) is 102 Å². The Balaban J connectivity index is 1.24. The second-order valence-corrected chi connectivity index (χ2v) is 23.9. The standard InChI is InChI=1S/C52H62N2Si/c1-35-32-53-33-48(37(3)39-20-12-13-21-39)47(40-22-8-7-9-23-40)31-49(53)42-25-15-14-24-41(42)28-29-45-43-26-16-17-27-44(43)50-30-46(36(2)38-18-10-11-19-38)51(55(4,5)6)34-54(50)52(35)45/h7-9,14-17,22-27,30-31,33-34,36-39,45,52H,1,10-13,18-21,28-29,32H2,2-6H3/q+2. The van der Waals surface area contributed by atoms with Gasteiger partial charge in [0.05, 0.1) is 19.6 Å². The fourth-order valence-electron chi connectivity index (χ4n) is 11.5. The highest BCUT2D eigenvalue weighted by Gasteiger charge is 2.45. The smallest absolute Gasteiger partial charge is 0.194 e. The Kier molecular flexibility index (Phi) is 9.82. The van der Waals surface area contributed by atoms with Gasteiger partial charge in [-0.15, -0.1) is 0 Å². The highest BCUT2D eigenvalue weighted by atomic mass is 28.3. The maximum atomic E-state index is 5.11. The predicted molar refractivity (Wildman–Crippen MR) is 233 cm³/mol. The molecule has 0 N–H and O–H groups in total. The Morgan fingerprint density at radius 1 is 0.636 bits per heavy atom. The first kappa shape index (κ1) is 36.5. The van der Waals surface area contributed by atoms with Crippen LogP contribution in [0.5, 0.6) is 0 Å². The summed E-state index contributed by atoms with van der Waals surface area (Å²) in [5.41, 5.74) is 15.7. The molecule has 3 heteroatoms. The zero-order valence-corrected chi connectivity index (χ0v) is 35.2. The molecule has 4 heterocycles. The van der Waals surface area contributed by atoms with Crippen LogP contribution in [0, 0.1) is 11.8 Å². The molecule has 2 saturated carbocycles. The Morgan fingerprint density at radius 3 is 1.95 bits per heavy atom. The molecule has 2 aliphatic heterocycles. The van der Waals surface area contributed by atoms with Gasteiger partial charge in [0, 0.05) is 34.0 Å². The molecule has 55 heavy (non-hydrogen) atoms. The van der Waals surface area contributed by atoms with E-state index in [1.54, 1.807) is 10.8 Å². The summed E-state index contributed by atoms with van der Waals surface area (Å²) in [6.45, 7) is 18.7.